The Morgan fingerprint density at radius 2 is 2.05 bits per heavy atom. The van der Waals surface area contributed by atoms with Gasteiger partial charge in [0.1, 0.15) is 0 Å². The van der Waals surface area contributed by atoms with E-state index in [0.717, 1.165) is 12.1 Å². The highest BCUT2D eigenvalue weighted by Gasteiger charge is 2.22. The van der Waals surface area contributed by atoms with Crippen LogP contribution in [-0.4, -0.2) is 17.6 Å². The van der Waals surface area contributed by atoms with Crippen molar-refractivity contribution in [2.24, 2.45) is 5.92 Å². The van der Waals surface area contributed by atoms with E-state index in [1.54, 1.807) is 6.92 Å². The summed E-state index contributed by atoms with van der Waals surface area (Å²) < 4.78 is 10.6. The van der Waals surface area contributed by atoms with E-state index in [1.165, 1.54) is 32.1 Å². The van der Waals surface area contributed by atoms with Gasteiger partial charge in [-0.15, -0.1) is 0 Å². The number of hydrogen-bond acceptors (Lipinski definition) is 4. The molecule has 0 aromatic carbocycles. The molecule has 2 rings (SSSR count). The molecule has 0 N–H and O–H groups in total. The van der Waals surface area contributed by atoms with Crippen LogP contribution in [0.4, 0.5) is 0 Å². The molecule has 106 valence electrons. The molecule has 1 aliphatic rings. The zero-order valence-corrected chi connectivity index (χ0v) is 11.9. The minimum atomic E-state index is -0.387. The van der Waals surface area contributed by atoms with E-state index >= 15 is 0 Å². The lowest BCUT2D eigenvalue weighted by molar-refractivity contribution is 0.0485. The predicted molar refractivity (Wildman–Crippen MR) is 72.1 cm³/mol. The van der Waals surface area contributed by atoms with Gasteiger partial charge in [-0.1, -0.05) is 26.2 Å². The summed E-state index contributed by atoms with van der Waals surface area (Å²) in [6.45, 7) is 4.13. The number of oxazole rings is 1. The molecule has 4 nitrogen and oxygen atoms in total. The first-order valence-corrected chi connectivity index (χ1v) is 7.40. The summed E-state index contributed by atoms with van der Waals surface area (Å²) in [5.74, 6) is 1.27. The van der Waals surface area contributed by atoms with Gasteiger partial charge >= 0.3 is 5.97 Å². The molecule has 1 saturated carbocycles. The highest BCUT2D eigenvalue weighted by atomic mass is 16.5. The lowest BCUT2D eigenvalue weighted by atomic mass is 9.87. The largest absolute Gasteiger partial charge is 0.460 e. The van der Waals surface area contributed by atoms with E-state index in [2.05, 4.69) is 4.98 Å². The number of carbonyl (C=O) groups is 1. The molecular weight excluding hydrogens is 242 g/mol. The smallest absolute Gasteiger partial charge is 0.376 e. The van der Waals surface area contributed by atoms with Crippen molar-refractivity contribution in [2.45, 2.75) is 58.8 Å². The van der Waals surface area contributed by atoms with E-state index in [0.29, 0.717) is 30.6 Å². The molecule has 1 fully saturated rings. The van der Waals surface area contributed by atoms with E-state index in [1.807, 2.05) is 6.92 Å². The Bertz CT molecular complexity index is 419. The van der Waals surface area contributed by atoms with Crippen LogP contribution < -0.4 is 0 Å². The third-order valence-corrected chi connectivity index (χ3v) is 3.73. The van der Waals surface area contributed by atoms with Crippen LogP contribution >= 0.6 is 0 Å². The van der Waals surface area contributed by atoms with Gasteiger partial charge in [-0.2, -0.15) is 0 Å². The second kappa shape index (κ2) is 6.73. The van der Waals surface area contributed by atoms with Gasteiger partial charge in [-0.25, -0.2) is 9.78 Å². The maximum Gasteiger partial charge on any atom is 0.376 e. The Morgan fingerprint density at radius 1 is 1.32 bits per heavy atom. The van der Waals surface area contributed by atoms with E-state index < -0.39 is 0 Å². The Labute approximate surface area is 114 Å². The number of ether oxygens (including phenoxy) is 1. The molecule has 1 aromatic heterocycles. The average Bonchev–Trinajstić information content (AvgIpc) is 2.83. The second-order valence-electron chi connectivity index (χ2n) is 5.17. The van der Waals surface area contributed by atoms with Gasteiger partial charge in [0, 0.05) is 6.42 Å². The molecule has 0 spiro atoms. The van der Waals surface area contributed by atoms with Crippen LogP contribution in [0.3, 0.4) is 0 Å². The summed E-state index contributed by atoms with van der Waals surface area (Å²) in [5.41, 5.74) is 0.726. The average molecular weight is 265 g/mol. The third-order valence-electron chi connectivity index (χ3n) is 3.73. The molecule has 1 aromatic rings. The molecular formula is C15H23NO3. The molecule has 0 unspecified atom stereocenters. The molecule has 4 heteroatoms. The summed E-state index contributed by atoms with van der Waals surface area (Å²) >= 11 is 0. The minimum absolute atomic E-state index is 0.301. The first-order chi connectivity index (χ1) is 9.24. The quantitative estimate of drug-likeness (QED) is 0.764. The Balaban J connectivity index is 2.06. The summed E-state index contributed by atoms with van der Waals surface area (Å²) in [4.78, 5) is 16.2. The number of rotatable bonds is 5. The van der Waals surface area contributed by atoms with Crippen LogP contribution in [0.25, 0.3) is 0 Å². The summed E-state index contributed by atoms with van der Waals surface area (Å²) in [6, 6.07) is 0. The van der Waals surface area contributed by atoms with Gasteiger partial charge in [0.25, 0.3) is 0 Å². The third kappa shape index (κ3) is 3.58. The summed E-state index contributed by atoms with van der Waals surface area (Å²) in [5, 5.41) is 0. The zero-order chi connectivity index (χ0) is 13.7. The second-order valence-corrected chi connectivity index (χ2v) is 5.17. The maximum atomic E-state index is 11.8. The predicted octanol–water partition coefficient (Wildman–Crippen LogP) is 3.54. The monoisotopic (exact) mass is 265 g/mol. The Morgan fingerprint density at radius 3 is 2.68 bits per heavy atom. The first kappa shape index (κ1) is 14.1. The van der Waals surface area contributed by atoms with Crippen LogP contribution in [0.5, 0.6) is 0 Å². The fraction of sp³-hybridized carbons (Fsp3) is 0.733. The van der Waals surface area contributed by atoms with E-state index in [9.17, 15) is 4.79 Å². The van der Waals surface area contributed by atoms with E-state index in [4.69, 9.17) is 9.15 Å². The van der Waals surface area contributed by atoms with Crippen molar-refractivity contribution in [3.05, 3.63) is 17.3 Å². The summed E-state index contributed by atoms with van der Waals surface area (Å²) in [6.07, 6.45) is 8.00. The van der Waals surface area contributed by atoms with Crippen molar-refractivity contribution in [1.29, 1.82) is 0 Å². The molecule has 0 saturated heterocycles. The van der Waals surface area contributed by atoms with Gasteiger partial charge in [-0.3, -0.25) is 0 Å². The number of aryl methyl sites for hydroxylation is 1. The molecule has 0 aliphatic heterocycles. The normalized spacial score (nSPS) is 16.5. The van der Waals surface area contributed by atoms with Crippen molar-refractivity contribution in [2.75, 3.05) is 6.61 Å². The van der Waals surface area contributed by atoms with Crippen molar-refractivity contribution < 1.29 is 13.9 Å². The highest BCUT2D eigenvalue weighted by Crippen LogP contribution is 2.27. The van der Waals surface area contributed by atoms with Crippen molar-refractivity contribution >= 4 is 5.97 Å². The number of carbonyl (C=O) groups excluding carboxylic acids is 1. The number of aromatic nitrogens is 1. The van der Waals surface area contributed by atoms with Crippen LogP contribution in [0.1, 0.15) is 68.1 Å². The standard InChI is InChI=1S/C15H23NO3/c1-3-12-14(15(17)18-4-2)19-13(16-12)10-11-8-6-5-7-9-11/h11H,3-10H2,1-2H3. The highest BCUT2D eigenvalue weighted by molar-refractivity contribution is 5.87. The lowest BCUT2D eigenvalue weighted by Gasteiger charge is -2.19. The maximum absolute atomic E-state index is 11.8. The molecule has 0 radical (unpaired) electrons. The number of hydrogen-bond donors (Lipinski definition) is 0. The Kier molecular flexibility index (Phi) is 5.00. The lowest BCUT2D eigenvalue weighted by Crippen LogP contribution is -2.09. The van der Waals surface area contributed by atoms with Crippen LogP contribution in [0.2, 0.25) is 0 Å². The molecule has 1 aliphatic carbocycles. The molecule has 0 amide bonds. The zero-order valence-electron chi connectivity index (χ0n) is 11.9. The van der Waals surface area contributed by atoms with Gasteiger partial charge in [0.15, 0.2) is 5.89 Å². The topological polar surface area (TPSA) is 52.3 Å². The number of nitrogens with zero attached hydrogens (tertiary/aromatic N) is 1. The van der Waals surface area contributed by atoms with Gasteiger partial charge < -0.3 is 9.15 Å². The first-order valence-electron chi connectivity index (χ1n) is 7.40. The van der Waals surface area contributed by atoms with Crippen LogP contribution in [0, 0.1) is 5.92 Å². The molecule has 0 bridgehead atoms. The van der Waals surface area contributed by atoms with Gasteiger partial charge in [0.05, 0.1) is 12.3 Å². The summed E-state index contributed by atoms with van der Waals surface area (Å²) in [7, 11) is 0. The fourth-order valence-corrected chi connectivity index (χ4v) is 2.72. The molecule has 1 heterocycles. The van der Waals surface area contributed by atoms with Crippen molar-refractivity contribution in [3.63, 3.8) is 0 Å². The minimum Gasteiger partial charge on any atom is -0.460 e. The van der Waals surface area contributed by atoms with Gasteiger partial charge in [-0.05, 0) is 32.1 Å². The number of esters is 1. The van der Waals surface area contributed by atoms with Gasteiger partial charge in [0.2, 0.25) is 5.76 Å². The van der Waals surface area contributed by atoms with Crippen LogP contribution in [-0.2, 0) is 17.6 Å². The fourth-order valence-electron chi connectivity index (χ4n) is 2.72. The molecule has 0 atom stereocenters. The SMILES string of the molecule is CCOC(=O)c1oc(CC2CCCCC2)nc1CC. The molecule has 19 heavy (non-hydrogen) atoms. The van der Waals surface area contributed by atoms with Crippen molar-refractivity contribution in [3.8, 4) is 0 Å². The van der Waals surface area contributed by atoms with E-state index in [-0.39, 0.29) is 5.97 Å². The van der Waals surface area contributed by atoms with Crippen LogP contribution in [0.15, 0.2) is 4.42 Å². The Hall–Kier alpha value is -1.32. The van der Waals surface area contributed by atoms with Crippen molar-refractivity contribution in [1.82, 2.24) is 4.98 Å².